The standard InChI is InChI=1S/C19H17NO8/c1-25-17-11-13(8-10-18(21)26-2)7-9-16(17)28-19(22)12-27-15-6-4-3-5-14(15)20(23)24/h3-11H,12H2,1-2H3/b10-8+. The molecule has 0 unspecified atom stereocenters. The molecule has 28 heavy (non-hydrogen) atoms. The molecule has 146 valence electrons. The Bertz CT molecular complexity index is 907. The first-order valence-electron chi connectivity index (χ1n) is 7.95. The van der Waals surface area contributed by atoms with Crippen molar-refractivity contribution < 1.29 is 33.5 Å². The fourth-order valence-electron chi connectivity index (χ4n) is 2.12. The maximum atomic E-state index is 12.0. The van der Waals surface area contributed by atoms with Gasteiger partial charge in [-0.05, 0) is 29.8 Å². The Morgan fingerprint density at radius 3 is 2.50 bits per heavy atom. The molecule has 0 aromatic heterocycles. The monoisotopic (exact) mass is 387 g/mol. The van der Waals surface area contributed by atoms with E-state index in [4.69, 9.17) is 14.2 Å². The first-order valence-corrected chi connectivity index (χ1v) is 7.95. The minimum absolute atomic E-state index is 0.0419. The molecule has 2 rings (SSSR count). The summed E-state index contributed by atoms with van der Waals surface area (Å²) in [6.07, 6.45) is 2.75. The number of hydrogen-bond acceptors (Lipinski definition) is 8. The second-order valence-corrected chi connectivity index (χ2v) is 5.25. The molecule has 2 aromatic rings. The fraction of sp³-hybridized carbons (Fsp3) is 0.158. The van der Waals surface area contributed by atoms with E-state index in [1.54, 1.807) is 18.2 Å². The summed E-state index contributed by atoms with van der Waals surface area (Å²) in [6.45, 7) is -0.530. The number of benzene rings is 2. The Morgan fingerprint density at radius 1 is 1.07 bits per heavy atom. The summed E-state index contributed by atoms with van der Waals surface area (Å²) in [7, 11) is 2.66. The molecule has 0 saturated heterocycles. The van der Waals surface area contributed by atoms with Gasteiger partial charge in [-0.25, -0.2) is 9.59 Å². The number of hydrogen-bond donors (Lipinski definition) is 0. The number of carbonyl (C=O) groups excluding carboxylic acids is 2. The van der Waals surface area contributed by atoms with E-state index < -0.39 is 23.5 Å². The molecular formula is C19H17NO8. The van der Waals surface area contributed by atoms with Crippen LogP contribution in [0.4, 0.5) is 5.69 Å². The van der Waals surface area contributed by atoms with E-state index in [0.29, 0.717) is 5.56 Å². The largest absolute Gasteiger partial charge is 0.493 e. The quantitative estimate of drug-likeness (QED) is 0.223. The highest BCUT2D eigenvalue weighted by atomic mass is 16.6. The zero-order valence-electron chi connectivity index (χ0n) is 15.1. The molecule has 0 radical (unpaired) electrons. The third-order valence-electron chi connectivity index (χ3n) is 3.43. The van der Waals surface area contributed by atoms with Gasteiger partial charge in [0.2, 0.25) is 0 Å². The molecule has 0 amide bonds. The van der Waals surface area contributed by atoms with Gasteiger partial charge in [-0.15, -0.1) is 0 Å². The molecule has 0 heterocycles. The van der Waals surface area contributed by atoms with Crippen molar-refractivity contribution >= 4 is 23.7 Å². The molecule has 0 atom stereocenters. The Hall–Kier alpha value is -3.88. The van der Waals surface area contributed by atoms with E-state index in [1.165, 1.54) is 50.6 Å². The lowest BCUT2D eigenvalue weighted by atomic mass is 10.2. The van der Waals surface area contributed by atoms with Gasteiger partial charge in [-0.2, -0.15) is 0 Å². The minimum atomic E-state index is -0.769. The Morgan fingerprint density at radius 2 is 1.82 bits per heavy atom. The van der Waals surface area contributed by atoms with Gasteiger partial charge in [0.25, 0.3) is 0 Å². The minimum Gasteiger partial charge on any atom is -0.493 e. The van der Waals surface area contributed by atoms with Crippen LogP contribution in [-0.2, 0) is 14.3 Å². The molecule has 0 saturated carbocycles. The van der Waals surface area contributed by atoms with Crippen LogP contribution >= 0.6 is 0 Å². The van der Waals surface area contributed by atoms with Crippen LogP contribution in [0.5, 0.6) is 17.2 Å². The van der Waals surface area contributed by atoms with Crippen molar-refractivity contribution in [3.05, 3.63) is 64.2 Å². The number of nitro groups is 1. The van der Waals surface area contributed by atoms with Crippen molar-refractivity contribution in [3.63, 3.8) is 0 Å². The van der Waals surface area contributed by atoms with Crippen LogP contribution in [0.2, 0.25) is 0 Å². The number of nitrogens with zero attached hydrogens (tertiary/aromatic N) is 1. The summed E-state index contributed by atoms with van der Waals surface area (Å²) < 4.78 is 20.1. The van der Waals surface area contributed by atoms with E-state index in [0.717, 1.165) is 0 Å². The first-order chi connectivity index (χ1) is 13.4. The lowest BCUT2D eigenvalue weighted by molar-refractivity contribution is -0.385. The molecule has 0 bridgehead atoms. The van der Waals surface area contributed by atoms with E-state index >= 15 is 0 Å². The van der Waals surface area contributed by atoms with Crippen molar-refractivity contribution in [1.82, 2.24) is 0 Å². The second kappa shape index (κ2) is 9.72. The van der Waals surface area contributed by atoms with Crippen molar-refractivity contribution in [1.29, 1.82) is 0 Å². The van der Waals surface area contributed by atoms with Gasteiger partial charge in [0.1, 0.15) is 0 Å². The molecule has 0 fully saturated rings. The van der Waals surface area contributed by atoms with Crippen LogP contribution in [0.25, 0.3) is 6.08 Å². The molecule has 9 nitrogen and oxygen atoms in total. The summed E-state index contributed by atoms with van der Waals surface area (Å²) in [5, 5.41) is 10.9. The van der Waals surface area contributed by atoms with Crippen LogP contribution < -0.4 is 14.2 Å². The van der Waals surface area contributed by atoms with Crippen molar-refractivity contribution in [3.8, 4) is 17.2 Å². The maximum absolute atomic E-state index is 12.0. The number of para-hydroxylation sites is 2. The molecular weight excluding hydrogens is 370 g/mol. The number of esters is 2. The van der Waals surface area contributed by atoms with Crippen LogP contribution in [0.1, 0.15) is 5.56 Å². The third-order valence-corrected chi connectivity index (χ3v) is 3.43. The summed E-state index contributed by atoms with van der Waals surface area (Å²) in [4.78, 5) is 33.5. The number of carbonyl (C=O) groups is 2. The molecule has 2 aromatic carbocycles. The van der Waals surface area contributed by atoms with Crippen LogP contribution in [0.3, 0.4) is 0 Å². The van der Waals surface area contributed by atoms with Gasteiger partial charge in [-0.3, -0.25) is 10.1 Å². The lowest BCUT2D eigenvalue weighted by Gasteiger charge is -2.10. The normalized spacial score (nSPS) is 10.4. The Kier molecular flexibility index (Phi) is 7.09. The Labute approximate surface area is 160 Å². The number of nitro benzene ring substituents is 1. The summed E-state index contributed by atoms with van der Waals surface area (Å²) in [5.74, 6) is -0.935. The summed E-state index contributed by atoms with van der Waals surface area (Å²) >= 11 is 0. The Balaban J connectivity index is 2.04. The van der Waals surface area contributed by atoms with Gasteiger partial charge in [0.05, 0.1) is 19.1 Å². The predicted octanol–water partition coefficient (Wildman–Crippen LogP) is 2.77. The van der Waals surface area contributed by atoms with E-state index in [1.807, 2.05) is 0 Å². The van der Waals surface area contributed by atoms with Crippen LogP contribution in [-0.4, -0.2) is 37.7 Å². The third kappa shape index (κ3) is 5.56. The summed E-state index contributed by atoms with van der Waals surface area (Å²) in [5.41, 5.74) is 0.368. The van der Waals surface area contributed by atoms with Gasteiger partial charge in [-0.1, -0.05) is 18.2 Å². The van der Waals surface area contributed by atoms with Gasteiger partial charge >= 0.3 is 17.6 Å². The van der Waals surface area contributed by atoms with Gasteiger partial charge < -0.3 is 18.9 Å². The lowest BCUT2D eigenvalue weighted by Crippen LogP contribution is -2.18. The van der Waals surface area contributed by atoms with E-state index in [-0.39, 0.29) is 22.9 Å². The molecule has 0 aliphatic heterocycles. The van der Waals surface area contributed by atoms with E-state index in [9.17, 15) is 19.7 Å². The number of methoxy groups -OCH3 is 2. The van der Waals surface area contributed by atoms with E-state index in [2.05, 4.69) is 4.74 Å². The van der Waals surface area contributed by atoms with Crippen LogP contribution in [0.15, 0.2) is 48.5 Å². The SMILES string of the molecule is COC(=O)/C=C/c1ccc(OC(=O)COc2ccccc2[N+](=O)[O-])c(OC)c1. The van der Waals surface area contributed by atoms with Crippen molar-refractivity contribution in [2.45, 2.75) is 0 Å². The van der Waals surface area contributed by atoms with Gasteiger partial charge in [0.15, 0.2) is 23.9 Å². The molecule has 0 spiro atoms. The van der Waals surface area contributed by atoms with Crippen LogP contribution in [0, 0.1) is 10.1 Å². The predicted molar refractivity (Wildman–Crippen MR) is 98.3 cm³/mol. The average Bonchev–Trinajstić information content (AvgIpc) is 2.71. The number of rotatable bonds is 8. The highest BCUT2D eigenvalue weighted by Gasteiger charge is 2.16. The summed E-state index contributed by atoms with van der Waals surface area (Å²) in [6, 6.07) is 10.3. The first kappa shape index (κ1) is 20.4. The molecule has 9 heteroatoms. The highest BCUT2D eigenvalue weighted by Crippen LogP contribution is 2.29. The van der Waals surface area contributed by atoms with Crippen molar-refractivity contribution in [2.24, 2.45) is 0 Å². The smallest absolute Gasteiger partial charge is 0.349 e. The fourth-order valence-corrected chi connectivity index (χ4v) is 2.12. The topological polar surface area (TPSA) is 114 Å². The zero-order valence-corrected chi connectivity index (χ0v) is 15.1. The van der Waals surface area contributed by atoms with Gasteiger partial charge in [0, 0.05) is 12.1 Å². The van der Waals surface area contributed by atoms with Crippen molar-refractivity contribution in [2.75, 3.05) is 20.8 Å². The molecule has 0 aliphatic carbocycles. The maximum Gasteiger partial charge on any atom is 0.349 e. The number of ether oxygens (including phenoxy) is 4. The average molecular weight is 387 g/mol. The molecule has 0 aliphatic rings. The zero-order chi connectivity index (χ0) is 20.5. The highest BCUT2D eigenvalue weighted by molar-refractivity contribution is 5.87. The molecule has 0 N–H and O–H groups in total. The second-order valence-electron chi connectivity index (χ2n) is 5.25.